The van der Waals surface area contributed by atoms with Gasteiger partial charge in [0, 0.05) is 0 Å². The van der Waals surface area contributed by atoms with Crippen LogP contribution in [0.15, 0.2) is 60.8 Å². The van der Waals surface area contributed by atoms with Gasteiger partial charge in [0.15, 0.2) is 0 Å². The summed E-state index contributed by atoms with van der Waals surface area (Å²) in [7, 11) is 0. The van der Waals surface area contributed by atoms with E-state index in [1.807, 2.05) is 0 Å². The second-order valence-electron chi connectivity index (χ2n) is 3.26. The zero-order valence-electron chi connectivity index (χ0n) is 8.60. The molecule has 0 heteroatoms. The topological polar surface area (TPSA) is 0 Å². The Bertz CT molecular complexity index is 262. The van der Waals surface area contributed by atoms with E-state index in [1.165, 1.54) is 19.3 Å². The number of rotatable bonds is 0. The van der Waals surface area contributed by atoms with Crippen LogP contribution in [0.1, 0.15) is 25.7 Å². The lowest BCUT2D eigenvalue weighted by Gasteiger charge is -1.89. The van der Waals surface area contributed by atoms with Crippen molar-refractivity contribution in [3.8, 4) is 0 Å². The summed E-state index contributed by atoms with van der Waals surface area (Å²) >= 11 is 0. The molecule has 74 valence electrons. The third kappa shape index (κ3) is 6.24. The van der Waals surface area contributed by atoms with Gasteiger partial charge >= 0.3 is 0 Å². The minimum atomic E-state index is 1.01. The largest absolute Gasteiger partial charge is 0.0845 e. The molecule has 0 saturated carbocycles. The van der Waals surface area contributed by atoms with E-state index in [0.717, 1.165) is 6.42 Å². The fourth-order valence-electron chi connectivity index (χ4n) is 1.22. The van der Waals surface area contributed by atoms with E-state index in [0.29, 0.717) is 0 Å². The Balaban J connectivity index is 2.45. The number of allylic oxidation sites excluding steroid dienone is 10. The van der Waals surface area contributed by atoms with Crippen LogP contribution in [0.3, 0.4) is 0 Å². The highest BCUT2D eigenvalue weighted by Crippen LogP contribution is 1.99. The molecule has 0 aromatic carbocycles. The SMILES string of the molecule is C1=C\C=C\CCC/C=C\C=C\C/C=C/1. The first-order valence-electron chi connectivity index (χ1n) is 5.30. The molecule has 0 saturated heterocycles. The van der Waals surface area contributed by atoms with E-state index in [4.69, 9.17) is 0 Å². The summed E-state index contributed by atoms with van der Waals surface area (Å²) in [5.41, 5.74) is 0. The molecule has 0 fully saturated rings. The van der Waals surface area contributed by atoms with Crippen molar-refractivity contribution in [3.63, 3.8) is 0 Å². The first-order chi connectivity index (χ1) is 7.00. The van der Waals surface area contributed by atoms with E-state index >= 15 is 0 Å². The molecule has 0 aromatic rings. The zero-order chi connectivity index (χ0) is 9.90. The van der Waals surface area contributed by atoms with Gasteiger partial charge in [0.05, 0.1) is 0 Å². The molecule has 0 bridgehead atoms. The molecule has 0 spiro atoms. The van der Waals surface area contributed by atoms with Crippen molar-refractivity contribution in [3.05, 3.63) is 60.8 Å². The zero-order valence-corrected chi connectivity index (χ0v) is 8.60. The van der Waals surface area contributed by atoms with Gasteiger partial charge in [0.25, 0.3) is 0 Å². The average Bonchev–Trinajstić information content (AvgIpc) is 2.22. The van der Waals surface area contributed by atoms with Crippen molar-refractivity contribution < 1.29 is 0 Å². The Hall–Kier alpha value is -1.30. The second-order valence-corrected chi connectivity index (χ2v) is 3.26. The van der Waals surface area contributed by atoms with E-state index < -0.39 is 0 Å². The maximum atomic E-state index is 2.23. The van der Waals surface area contributed by atoms with Crippen molar-refractivity contribution in [2.45, 2.75) is 25.7 Å². The first-order valence-corrected chi connectivity index (χ1v) is 5.30. The summed E-state index contributed by atoms with van der Waals surface area (Å²) in [6.07, 6.45) is 26.0. The summed E-state index contributed by atoms with van der Waals surface area (Å²) in [5.74, 6) is 0. The van der Waals surface area contributed by atoms with Gasteiger partial charge in [-0.15, -0.1) is 0 Å². The number of hydrogen-bond donors (Lipinski definition) is 0. The summed E-state index contributed by atoms with van der Waals surface area (Å²) in [5, 5.41) is 0. The van der Waals surface area contributed by atoms with Gasteiger partial charge in [-0.2, -0.15) is 0 Å². The van der Waals surface area contributed by atoms with Gasteiger partial charge in [-0.25, -0.2) is 0 Å². The van der Waals surface area contributed by atoms with Crippen LogP contribution >= 0.6 is 0 Å². The van der Waals surface area contributed by atoms with E-state index in [-0.39, 0.29) is 0 Å². The fraction of sp³-hybridized carbons (Fsp3) is 0.286. The van der Waals surface area contributed by atoms with Crippen LogP contribution in [0.4, 0.5) is 0 Å². The van der Waals surface area contributed by atoms with E-state index in [9.17, 15) is 0 Å². The Labute approximate surface area is 87.0 Å². The third-order valence-corrected chi connectivity index (χ3v) is 2.00. The van der Waals surface area contributed by atoms with E-state index in [2.05, 4.69) is 60.8 Å². The van der Waals surface area contributed by atoms with Gasteiger partial charge in [0.1, 0.15) is 0 Å². The molecule has 14 heavy (non-hydrogen) atoms. The Morgan fingerprint density at radius 3 is 1.71 bits per heavy atom. The molecule has 0 heterocycles. The van der Waals surface area contributed by atoms with Crippen molar-refractivity contribution in [1.82, 2.24) is 0 Å². The van der Waals surface area contributed by atoms with Crippen LogP contribution < -0.4 is 0 Å². The monoisotopic (exact) mass is 186 g/mol. The lowest BCUT2D eigenvalue weighted by molar-refractivity contribution is 0.868. The lowest BCUT2D eigenvalue weighted by Crippen LogP contribution is -1.68. The summed E-state index contributed by atoms with van der Waals surface area (Å²) in [6, 6.07) is 0. The van der Waals surface area contributed by atoms with Crippen molar-refractivity contribution in [2.75, 3.05) is 0 Å². The summed E-state index contributed by atoms with van der Waals surface area (Å²) in [6.45, 7) is 0. The Morgan fingerprint density at radius 2 is 1.00 bits per heavy atom. The van der Waals surface area contributed by atoms with Crippen LogP contribution in [0.2, 0.25) is 0 Å². The Morgan fingerprint density at radius 1 is 0.500 bits per heavy atom. The maximum Gasteiger partial charge on any atom is -0.0163 e. The molecule has 0 N–H and O–H groups in total. The van der Waals surface area contributed by atoms with Crippen LogP contribution in [0.5, 0.6) is 0 Å². The molecular formula is C14H18. The summed E-state index contributed by atoms with van der Waals surface area (Å²) < 4.78 is 0. The minimum Gasteiger partial charge on any atom is -0.0845 e. The average molecular weight is 186 g/mol. The van der Waals surface area contributed by atoms with Gasteiger partial charge < -0.3 is 0 Å². The highest BCUT2D eigenvalue weighted by atomic mass is 13.9. The van der Waals surface area contributed by atoms with Crippen LogP contribution in [0.25, 0.3) is 0 Å². The van der Waals surface area contributed by atoms with Gasteiger partial charge in [-0.1, -0.05) is 60.8 Å². The molecule has 0 nitrogen and oxygen atoms in total. The fourth-order valence-corrected chi connectivity index (χ4v) is 1.22. The highest BCUT2D eigenvalue weighted by molar-refractivity contribution is 5.13. The van der Waals surface area contributed by atoms with Crippen LogP contribution in [0, 0.1) is 0 Å². The molecule has 0 aromatic heterocycles. The molecule has 0 atom stereocenters. The molecule has 1 aliphatic carbocycles. The molecule has 1 aliphatic rings. The normalized spacial score (nSPS) is 29.7. The van der Waals surface area contributed by atoms with E-state index in [1.54, 1.807) is 0 Å². The van der Waals surface area contributed by atoms with Gasteiger partial charge in [-0.05, 0) is 25.7 Å². The first kappa shape index (κ1) is 10.8. The molecule has 0 amide bonds. The van der Waals surface area contributed by atoms with Crippen LogP contribution in [-0.4, -0.2) is 0 Å². The number of hydrogen-bond acceptors (Lipinski definition) is 0. The van der Waals surface area contributed by atoms with Crippen molar-refractivity contribution >= 4 is 0 Å². The summed E-state index contributed by atoms with van der Waals surface area (Å²) in [4.78, 5) is 0. The standard InChI is InChI=1S/C14H18/c1-2-4-6-8-10-12-14-13-11-9-7-5-3-1/h1-6,9,11,13-14H,7-8,10,12H2/b2-1-,5-3+,6-4+,11-9+,14-13-. The quantitative estimate of drug-likeness (QED) is 0.528. The smallest absolute Gasteiger partial charge is 0.0163 e. The predicted octanol–water partition coefficient (Wildman–Crippen LogP) is 4.34. The molecule has 0 unspecified atom stereocenters. The predicted molar refractivity (Wildman–Crippen MR) is 64.2 cm³/mol. The Kier molecular flexibility index (Phi) is 6.39. The van der Waals surface area contributed by atoms with Crippen molar-refractivity contribution in [1.29, 1.82) is 0 Å². The minimum absolute atomic E-state index is 1.01. The molecular weight excluding hydrogens is 168 g/mol. The molecule has 0 aliphatic heterocycles. The van der Waals surface area contributed by atoms with Crippen LogP contribution in [-0.2, 0) is 0 Å². The molecule has 0 radical (unpaired) electrons. The third-order valence-electron chi connectivity index (χ3n) is 2.00. The molecule has 1 rings (SSSR count). The maximum absolute atomic E-state index is 2.23. The lowest BCUT2D eigenvalue weighted by atomic mass is 10.2. The van der Waals surface area contributed by atoms with Crippen molar-refractivity contribution in [2.24, 2.45) is 0 Å². The van der Waals surface area contributed by atoms with Gasteiger partial charge in [0.2, 0.25) is 0 Å². The second kappa shape index (κ2) is 8.31. The highest BCUT2D eigenvalue weighted by Gasteiger charge is 1.79. The van der Waals surface area contributed by atoms with Gasteiger partial charge in [-0.3, -0.25) is 0 Å².